The summed E-state index contributed by atoms with van der Waals surface area (Å²) in [6.45, 7) is 6.64. The van der Waals surface area contributed by atoms with Gasteiger partial charge < -0.3 is 4.90 Å². The van der Waals surface area contributed by atoms with E-state index in [2.05, 4.69) is 13.8 Å². The zero-order chi connectivity index (χ0) is 7.44. The highest BCUT2D eigenvalue weighted by Gasteiger charge is 2.02. The fraction of sp³-hybridized carbons (Fsp3) is 0.857. The molecule has 0 aliphatic carbocycles. The van der Waals surface area contributed by atoms with Gasteiger partial charge >= 0.3 is 0 Å². The van der Waals surface area contributed by atoms with Gasteiger partial charge in [0.25, 0.3) is 0 Å². The molecule has 1 amide bonds. The van der Waals surface area contributed by atoms with Gasteiger partial charge in [-0.25, -0.2) is 0 Å². The number of nitrogens with zero attached hydrogens (tertiary/aromatic N) is 1. The van der Waals surface area contributed by atoms with E-state index in [1.807, 2.05) is 7.05 Å². The Labute approximate surface area is 56.9 Å². The van der Waals surface area contributed by atoms with Crippen LogP contribution in [0.3, 0.4) is 0 Å². The van der Waals surface area contributed by atoms with Crippen molar-refractivity contribution in [3.8, 4) is 0 Å². The van der Waals surface area contributed by atoms with E-state index < -0.39 is 0 Å². The summed E-state index contributed by atoms with van der Waals surface area (Å²) in [6.07, 6.45) is 0. The van der Waals surface area contributed by atoms with Crippen LogP contribution < -0.4 is 0 Å². The first-order chi connectivity index (χ1) is 4.04. The van der Waals surface area contributed by atoms with E-state index in [0.717, 1.165) is 6.54 Å². The topological polar surface area (TPSA) is 20.3 Å². The molecule has 0 fully saturated rings. The molecule has 54 valence electrons. The highest BCUT2D eigenvalue weighted by molar-refractivity contribution is 5.72. The second kappa shape index (κ2) is 3.49. The highest BCUT2D eigenvalue weighted by atomic mass is 16.2. The molecular formula is C7H15NO. The van der Waals surface area contributed by atoms with Crippen LogP contribution in [-0.2, 0) is 4.79 Å². The first kappa shape index (κ1) is 8.47. The molecule has 0 atom stereocenters. The Bertz CT molecular complexity index is 99.1. The van der Waals surface area contributed by atoms with Gasteiger partial charge in [-0.1, -0.05) is 13.8 Å². The summed E-state index contributed by atoms with van der Waals surface area (Å²) < 4.78 is 0. The summed E-state index contributed by atoms with van der Waals surface area (Å²) in [7, 11) is 1.82. The maximum absolute atomic E-state index is 10.6. The molecule has 0 saturated carbocycles. The number of carbonyl (C=O) groups excluding carboxylic acids is 1. The van der Waals surface area contributed by atoms with Crippen LogP contribution in [0, 0.1) is 5.92 Å². The van der Waals surface area contributed by atoms with Crippen molar-refractivity contribution in [2.75, 3.05) is 13.6 Å². The lowest BCUT2D eigenvalue weighted by Crippen LogP contribution is -2.27. The molecule has 0 aliphatic heterocycles. The zero-order valence-electron chi connectivity index (χ0n) is 6.64. The molecule has 0 unspecified atom stereocenters. The van der Waals surface area contributed by atoms with Crippen molar-refractivity contribution in [3.63, 3.8) is 0 Å². The largest absolute Gasteiger partial charge is 0.346 e. The Balaban J connectivity index is 3.50. The minimum Gasteiger partial charge on any atom is -0.346 e. The van der Waals surface area contributed by atoms with Crippen molar-refractivity contribution in [2.24, 2.45) is 5.92 Å². The van der Waals surface area contributed by atoms with Crippen LogP contribution in [0.15, 0.2) is 0 Å². The fourth-order valence-corrected chi connectivity index (χ4v) is 0.676. The van der Waals surface area contributed by atoms with Crippen molar-refractivity contribution < 1.29 is 4.79 Å². The van der Waals surface area contributed by atoms with Crippen molar-refractivity contribution >= 4 is 5.91 Å². The molecule has 2 nitrogen and oxygen atoms in total. The highest BCUT2D eigenvalue weighted by Crippen LogP contribution is 1.94. The van der Waals surface area contributed by atoms with Crippen molar-refractivity contribution in [1.82, 2.24) is 4.90 Å². The van der Waals surface area contributed by atoms with Crippen LogP contribution in [0.25, 0.3) is 0 Å². The summed E-state index contributed by atoms with van der Waals surface area (Å²) in [5.41, 5.74) is 0. The van der Waals surface area contributed by atoms with Gasteiger partial charge in [0.15, 0.2) is 0 Å². The minimum absolute atomic E-state index is 0.142. The predicted molar refractivity (Wildman–Crippen MR) is 38.1 cm³/mol. The lowest BCUT2D eigenvalue weighted by atomic mass is 10.2. The average Bonchev–Trinajstić information content (AvgIpc) is 1.63. The summed E-state index contributed by atoms with van der Waals surface area (Å²) in [6, 6.07) is 0. The first-order valence-corrected chi connectivity index (χ1v) is 3.25. The first-order valence-electron chi connectivity index (χ1n) is 3.25. The summed E-state index contributed by atoms with van der Waals surface area (Å²) in [5.74, 6) is 0.711. The molecule has 0 saturated heterocycles. The van der Waals surface area contributed by atoms with E-state index in [1.165, 1.54) is 0 Å². The standard InChI is InChI=1S/C7H15NO/c1-6(2)5-8(4)7(3)9/h6H,5H2,1-4H3. The normalized spacial score (nSPS) is 9.89. The van der Waals surface area contributed by atoms with Crippen molar-refractivity contribution in [2.45, 2.75) is 20.8 Å². The van der Waals surface area contributed by atoms with Gasteiger partial charge in [0.1, 0.15) is 0 Å². The molecule has 0 radical (unpaired) electrons. The molecule has 0 bridgehead atoms. The van der Waals surface area contributed by atoms with E-state index in [4.69, 9.17) is 0 Å². The molecule has 9 heavy (non-hydrogen) atoms. The van der Waals surface area contributed by atoms with Crippen LogP contribution in [0.4, 0.5) is 0 Å². The van der Waals surface area contributed by atoms with E-state index in [-0.39, 0.29) is 5.91 Å². The van der Waals surface area contributed by atoms with Crippen LogP contribution in [-0.4, -0.2) is 24.4 Å². The number of carbonyl (C=O) groups is 1. The van der Waals surface area contributed by atoms with E-state index in [1.54, 1.807) is 11.8 Å². The number of amides is 1. The quantitative estimate of drug-likeness (QED) is 0.547. The van der Waals surface area contributed by atoms with E-state index in [9.17, 15) is 4.79 Å². The lowest BCUT2D eigenvalue weighted by Gasteiger charge is -2.16. The molecule has 0 heterocycles. The third-order valence-corrected chi connectivity index (χ3v) is 1.18. The molecular weight excluding hydrogens is 114 g/mol. The molecule has 0 spiro atoms. The van der Waals surface area contributed by atoms with Crippen LogP contribution >= 0.6 is 0 Å². The molecule has 0 aromatic rings. The third kappa shape index (κ3) is 4.01. The molecule has 0 aliphatic rings. The Morgan fingerprint density at radius 3 is 2.11 bits per heavy atom. The van der Waals surface area contributed by atoms with Crippen molar-refractivity contribution in [1.29, 1.82) is 0 Å². The van der Waals surface area contributed by atoms with E-state index in [0.29, 0.717) is 5.92 Å². The molecule has 2 heteroatoms. The van der Waals surface area contributed by atoms with Gasteiger partial charge in [0.05, 0.1) is 0 Å². The average molecular weight is 129 g/mol. The van der Waals surface area contributed by atoms with Gasteiger partial charge in [-0.05, 0) is 5.92 Å². The maximum Gasteiger partial charge on any atom is 0.219 e. The van der Waals surface area contributed by atoms with Crippen LogP contribution in [0.2, 0.25) is 0 Å². The van der Waals surface area contributed by atoms with Gasteiger partial charge in [-0.3, -0.25) is 4.79 Å². The van der Waals surface area contributed by atoms with Crippen LogP contribution in [0.1, 0.15) is 20.8 Å². The fourth-order valence-electron chi connectivity index (χ4n) is 0.676. The summed E-state index contributed by atoms with van der Waals surface area (Å²) >= 11 is 0. The predicted octanol–water partition coefficient (Wildman–Crippen LogP) is 1.12. The zero-order valence-corrected chi connectivity index (χ0v) is 6.64. The van der Waals surface area contributed by atoms with E-state index >= 15 is 0 Å². The number of rotatable bonds is 2. The summed E-state index contributed by atoms with van der Waals surface area (Å²) in [4.78, 5) is 12.3. The van der Waals surface area contributed by atoms with Gasteiger partial charge in [0, 0.05) is 20.5 Å². The van der Waals surface area contributed by atoms with Gasteiger partial charge in [-0.2, -0.15) is 0 Å². The lowest BCUT2D eigenvalue weighted by molar-refractivity contribution is -0.127. The Hall–Kier alpha value is -0.530. The second-order valence-electron chi connectivity index (χ2n) is 2.79. The SMILES string of the molecule is CC(=O)N(C)CC(C)C. The third-order valence-electron chi connectivity index (χ3n) is 1.18. The molecule has 0 N–H and O–H groups in total. The summed E-state index contributed by atoms with van der Waals surface area (Å²) in [5, 5.41) is 0. The Morgan fingerprint density at radius 1 is 1.56 bits per heavy atom. The molecule has 0 aromatic carbocycles. The second-order valence-corrected chi connectivity index (χ2v) is 2.79. The number of hydrogen-bond donors (Lipinski definition) is 0. The Kier molecular flexibility index (Phi) is 3.28. The smallest absolute Gasteiger partial charge is 0.219 e. The Morgan fingerprint density at radius 2 is 2.00 bits per heavy atom. The molecule has 0 rings (SSSR count). The maximum atomic E-state index is 10.6. The minimum atomic E-state index is 0.142. The van der Waals surface area contributed by atoms with Crippen molar-refractivity contribution in [3.05, 3.63) is 0 Å². The number of hydrogen-bond acceptors (Lipinski definition) is 1. The van der Waals surface area contributed by atoms with Gasteiger partial charge in [0.2, 0.25) is 5.91 Å². The molecule has 0 aromatic heterocycles. The van der Waals surface area contributed by atoms with Crippen LogP contribution in [0.5, 0.6) is 0 Å². The monoisotopic (exact) mass is 129 g/mol. The van der Waals surface area contributed by atoms with Gasteiger partial charge in [-0.15, -0.1) is 0 Å².